The van der Waals surface area contributed by atoms with Crippen LogP contribution in [0.4, 0.5) is 0 Å². The molecule has 0 aliphatic heterocycles. The first-order chi connectivity index (χ1) is 20.6. The quantitative estimate of drug-likeness (QED) is 0.236. The molecular formula is C32H32N8O2. The Bertz CT molecular complexity index is 1940. The molecule has 3 heterocycles. The summed E-state index contributed by atoms with van der Waals surface area (Å²) in [6.07, 6.45) is 3.82. The lowest BCUT2D eigenvalue weighted by molar-refractivity contribution is 0.658. The third-order valence-electron chi connectivity index (χ3n) is 7.57. The highest BCUT2D eigenvalue weighted by Crippen LogP contribution is 2.30. The van der Waals surface area contributed by atoms with E-state index in [1.165, 1.54) is 4.57 Å². The molecule has 0 radical (unpaired) electrons. The van der Waals surface area contributed by atoms with E-state index in [0.29, 0.717) is 35.8 Å². The number of nitrogens with one attached hydrogen (secondary N) is 1. The van der Waals surface area contributed by atoms with Gasteiger partial charge in [-0.15, -0.1) is 10.2 Å². The monoisotopic (exact) mass is 560 g/mol. The number of nitrogens with zero attached hydrogens (tertiary/aromatic N) is 7. The molecule has 3 aromatic carbocycles. The highest BCUT2D eigenvalue weighted by atomic mass is 16.2. The van der Waals surface area contributed by atoms with Gasteiger partial charge in [-0.3, -0.25) is 9.36 Å². The zero-order valence-corrected chi connectivity index (χ0v) is 23.7. The Morgan fingerprint density at radius 3 is 2.24 bits per heavy atom. The van der Waals surface area contributed by atoms with Crippen LogP contribution in [0.15, 0.2) is 88.5 Å². The molecule has 0 fully saturated rings. The van der Waals surface area contributed by atoms with Crippen molar-refractivity contribution >= 4 is 11.2 Å². The molecule has 10 heteroatoms. The van der Waals surface area contributed by atoms with Gasteiger partial charge in [0.1, 0.15) is 5.82 Å². The molecule has 0 bridgehead atoms. The lowest BCUT2D eigenvalue weighted by Gasteiger charge is -2.13. The molecule has 0 aliphatic rings. The van der Waals surface area contributed by atoms with Crippen LogP contribution in [0.3, 0.4) is 0 Å². The first-order valence-electron chi connectivity index (χ1n) is 14.3. The Hall–Kier alpha value is -5.12. The lowest BCUT2D eigenvalue weighted by atomic mass is 9.98. The number of H-pyrrole nitrogens is 1. The van der Waals surface area contributed by atoms with Gasteiger partial charge in [0.15, 0.2) is 11.2 Å². The summed E-state index contributed by atoms with van der Waals surface area (Å²) in [7, 11) is 0. The van der Waals surface area contributed by atoms with Crippen molar-refractivity contribution in [2.75, 3.05) is 0 Å². The van der Waals surface area contributed by atoms with E-state index in [-0.39, 0.29) is 11.2 Å². The summed E-state index contributed by atoms with van der Waals surface area (Å²) in [5, 5.41) is 14.5. The summed E-state index contributed by atoms with van der Waals surface area (Å²) in [6, 6.07) is 25.3. The molecule has 0 unspecified atom stereocenters. The van der Waals surface area contributed by atoms with Crippen LogP contribution in [0, 0.1) is 0 Å². The molecule has 0 saturated heterocycles. The second-order valence-electron chi connectivity index (χ2n) is 10.2. The van der Waals surface area contributed by atoms with Crippen LogP contribution in [-0.2, 0) is 19.5 Å². The van der Waals surface area contributed by atoms with Gasteiger partial charge in [0.2, 0.25) is 5.82 Å². The lowest BCUT2D eigenvalue weighted by Crippen LogP contribution is -2.39. The van der Waals surface area contributed by atoms with Gasteiger partial charge in [0.05, 0.1) is 5.69 Å². The van der Waals surface area contributed by atoms with Gasteiger partial charge in [-0.1, -0.05) is 86.5 Å². The average molecular weight is 561 g/mol. The number of hydrogen-bond donors (Lipinski definition) is 1. The molecule has 0 aliphatic carbocycles. The zero-order chi connectivity index (χ0) is 29.1. The number of hydrogen-bond acceptors (Lipinski definition) is 6. The second-order valence-corrected chi connectivity index (χ2v) is 10.2. The Labute approximate surface area is 242 Å². The predicted molar refractivity (Wildman–Crippen MR) is 163 cm³/mol. The van der Waals surface area contributed by atoms with Crippen molar-refractivity contribution in [2.24, 2.45) is 0 Å². The summed E-state index contributed by atoms with van der Waals surface area (Å²) < 4.78 is 4.86. The van der Waals surface area contributed by atoms with E-state index in [4.69, 9.17) is 4.98 Å². The van der Waals surface area contributed by atoms with Crippen LogP contribution < -0.4 is 11.2 Å². The fourth-order valence-electron chi connectivity index (χ4n) is 5.45. The summed E-state index contributed by atoms with van der Waals surface area (Å²) in [4.78, 5) is 32.5. The fourth-order valence-corrected chi connectivity index (χ4v) is 5.45. The standard InChI is InChI=1S/C32H32N8O2/c1-3-5-7-16-27-33-30-28(31(41)40(32(42)38(30)4-2)24-12-8-6-9-13-24)39(27)21-22-17-19-23(20-18-22)25-14-10-11-15-26(25)29-34-36-37-35-29/h6,8-15,17-20H,3-5,7,16,21H2,1-2H3,(H,34,35,36,37). The third-order valence-corrected chi connectivity index (χ3v) is 7.57. The van der Waals surface area contributed by atoms with Crippen molar-refractivity contribution in [1.29, 1.82) is 0 Å². The molecule has 212 valence electrons. The number of aryl methyl sites for hydroxylation is 2. The largest absolute Gasteiger partial charge is 0.337 e. The van der Waals surface area contributed by atoms with E-state index in [1.807, 2.05) is 54.0 Å². The minimum absolute atomic E-state index is 0.356. The molecule has 42 heavy (non-hydrogen) atoms. The van der Waals surface area contributed by atoms with Crippen LogP contribution in [0.5, 0.6) is 0 Å². The van der Waals surface area contributed by atoms with Gasteiger partial charge in [-0.2, -0.15) is 5.21 Å². The molecular weight excluding hydrogens is 528 g/mol. The third kappa shape index (κ3) is 4.96. The highest BCUT2D eigenvalue weighted by molar-refractivity contribution is 5.80. The molecule has 6 rings (SSSR count). The summed E-state index contributed by atoms with van der Waals surface area (Å²) in [5.74, 6) is 1.35. The Kier molecular flexibility index (Phi) is 7.59. The number of rotatable bonds is 10. The Balaban J connectivity index is 1.46. The van der Waals surface area contributed by atoms with Crippen LogP contribution in [0.25, 0.3) is 39.4 Å². The second kappa shape index (κ2) is 11.8. The molecule has 0 atom stereocenters. The molecule has 10 nitrogen and oxygen atoms in total. The van der Waals surface area contributed by atoms with E-state index in [2.05, 4.69) is 51.8 Å². The fraction of sp³-hybridized carbons (Fsp3) is 0.250. The number of aromatic nitrogens is 8. The summed E-state index contributed by atoms with van der Waals surface area (Å²) in [5.41, 5.74) is 4.61. The van der Waals surface area contributed by atoms with E-state index in [0.717, 1.165) is 53.8 Å². The van der Waals surface area contributed by atoms with Crippen molar-refractivity contribution < 1.29 is 0 Å². The average Bonchev–Trinajstić information content (AvgIpc) is 3.68. The van der Waals surface area contributed by atoms with Crippen molar-refractivity contribution in [2.45, 2.75) is 52.6 Å². The SMILES string of the molecule is CCCCCc1nc2c(c(=O)n(-c3ccccc3)c(=O)n2CC)n1Cc1ccc(-c2ccccc2-c2nn[nH]n2)cc1. The van der Waals surface area contributed by atoms with E-state index in [9.17, 15) is 9.59 Å². The minimum atomic E-state index is -0.379. The molecule has 3 aromatic heterocycles. The Morgan fingerprint density at radius 1 is 0.810 bits per heavy atom. The van der Waals surface area contributed by atoms with Gasteiger partial charge < -0.3 is 4.57 Å². The Morgan fingerprint density at radius 2 is 1.55 bits per heavy atom. The number of para-hydroxylation sites is 1. The summed E-state index contributed by atoms with van der Waals surface area (Å²) in [6.45, 7) is 4.93. The number of tetrazole rings is 1. The number of aromatic amines is 1. The van der Waals surface area contributed by atoms with Crippen molar-refractivity contribution in [3.63, 3.8) is 0 Å². The normalized spacial score (nSPS) is 11.4. The smallest absolute Gasteiger partial charge is 0.318 e. The number of unbranched alkanes of at least 4 members (excludes halogenated alkanes) is 2. The predicted octanol–water partition coefficient (Wildman–Crippen LogP) is 5.00. The zero-order valence-electron chi connectivity index (χ0n) is 23.7. The van der Waals surface area contributed by atoms with Gasteiger partial charge >= 0.3 is 5.69 Å². The van der Waals surface area contributed by atoms with Crippen LogP contribution in [0.2, 0.25) is 0 Å². The number of imidazole rings is 1. The van der Waals surface area contributed by atoms with E-state index in [1.54, 1.807) is 16.7 Å². The minimum Gasteiger partial charge on any atom is -0.318 e. The number of fused-ring (bicyclic) bond motifs is 1. The maximum absolute atomic E-state index is 14.0. The first-order valence-corrected chi connectivity index (χ1v) is 14.3. The molecule has 0 spiro atoms. The highest BCUT2D eigenvalue weighted by Gasteiger charge is 2.22. The van der Waals surface area contributed by atoms with Gasteiger partial charge in [0, 0.05) is 25.1 Å². The maximum atomic E-state index is 14.0. The number of benzene rings is 3. The topological polar surface area (TPSA) is 116 Å². The van der Waals surface area contributed by atoms with Crippen molar-refractivity contribution in [3.8, 4) is 28.2 Å². The van der Waals surface area contributed by atoms with Crippen LogP contribution in [0.1, 0.15) is 44.5 Å². The first kappa shape index (κ1) is 27.1. The van der Waals surface area contributed by atoms with Crippen molar-refractivity contribution in [3.05, 3.63) is 111 Å². The molecule has 6 aromatic rings. The van der Waals surface area contributed by atoms with Crippen LogP contribution >= 0.6 is 0 Å². The molecule has 1 N–H and O–H groups in total. The van der Waals surface area contributed by atoms with E-state index >= 15 is 0 Å². The van der Waals surface area contributed by atoms with Gasteiger partial charge in [0.25, 0.3) is 5.56 Å². The maximum Gasteiger partial charge on any atom is 0.337 e. The summed E-state index contributed by atoms with van der Waals surface area (Å²) >= 11 is 0. The van der Waals surface area contributed by atoms with Crippen LogP contribution in [-0.4, -0.2) is 39.3 Å². The molecule has 0 saturated carbocycles. The van der Waals surface area contributed by atoms with Crippen molar-refractivity contribution in [1.82, 2.24) is 39.3 Å². The van der Waals surface area contributed by atoms with Gasteiger partial charge in [-0.25, -0.2) is 14.3 Å². The van der Waals surface area contributed by atoms with E-state index < -0.39 is 0 Å². The molecule has 0 amide bonds. The van der Waals surface area contributed by atoms with Gasteiger partial charge in [-0.05, 0) is 47.4 Å².